The summed E-state index contributed by atoms with van der Waals surface area (Å²) in [6.07, 6.45) is 0. The van der Waals surface area contributed by atoms with E-state index in [-0.39, 0.29) is 0 Å². The number of nitrogens with zero attached hydrogens (tertiary/aromatic N) is 1. The third-order valence-electron chi connectivity index (χ3n) is 2.95. The minimum Gasteiger partial charge on any atom is -0.383 e. The SMILES string of the molecule is COCCNC(=S)NCc1nc(-c2ccc(Cl)cc2)c(C)s1. The lowest BCUT2D eigenvalue weighted by Gasteiger charge is -2.08. The third-order valence-corrected chi connectivity index (χ3v) is 4.46. The molecular formula is C15H18ClN3OS2. The molecule has 0 spiro atoms. The number of benzene rings is 1. The van der Waals surface area contributed by atoms with E-state index >= 15 is 0 Å². The van der Waals surface area contributed by atoms with Crippen LogP contribution in [0.2, 0.25) is 5.02 Å². The third kappa shape index (κ3) is 4.91. The van der Waals surface area contributed by atoms with Gasteiger partial charge in [0.2, 0.25) is 0 Å². The van der Waals surface area contributed by atoms with E-state index in [1.165, 1.54) is 4.88 Å². The van der Waals surface area contributed by atoms with Crippen LogP contribution in [0.15, 0.2) is 24.3 Å². The number of methoxy groups -OCH3 is 1. The average molecular weight is 356 g/mol. The molecule has 0 amide bonds. The van der Waals surface area contributed by atoms with Crippen LogP contribution in [-0.4, -0.2) is 30.4 Å². The lowest BCUT2D eigenvalue weighted by Crippen LogP contribution is -2.36. The van der Waals surface area contributed by atoms with E-state index in [1.54, 1.807) is 18.4 Å². The number of hydrogen-bond acceptors (Lipinski definition) is 4. The van der Waals surface area contributed by atoms with Gasteiger partial charge in [0.05, 0.1) is 18.8 Å². The van der Waals surface area contributed by atoms with Crippen LogP contribution in [0.3, 0.4) is 0 Å². The largest absolute Gasteiger partial charge is 0.383 e. The number of hydrogen-bond donors (Lipinski definition) is 2. The summed E-state index contributed by atoms with van der Waals surface area (Å²) in [5, 5.41) is 8.56. The number of nitrogens with one attached hydrogen (secondary N) is 2. The highest BCUT2D eigenvalue weighted by Gasteiger charge is 2.10. The van der Waals surface area contributed by atoms with Gasteiger partial charge >= 0.3 is 0 Å². The van der Waals surface area contributed by atoms with E-state index in [0.717, 1.165) is 21.3 Å². The summed E-state index contributed by atoms with van der Waals surface area (Å²) < 4.78 is 4.96. The molecule has 22 heavy (non-hydrogen) atoms. The van der Waals surface area contributed by atoms with Crippen LogP contribution in [0, 0.1) is 6.92 Å². The van der Waals surface area contributed by atoms with Gasteiger partial charge in [0.15, 0.2) is 5.11 Å². The van der Waals surface area contributed by atoms with Crippen molar-refractivity contribution in [3.8, 4) is 11.3 Å². The maximum Gasteiger partial charge on any atom is 0.166 e. The summed E-state index contributed by atoms with van der Waals surface area (Å²) >= 11 is 12.8. The van der Waals surface area contributed by atoms with Crippen molar-refractivity contribution in [2.75, 3.05) is 20.3 Å². The van der Waals surface area contributed by atoms with E-state index in [9.17, 15) is 0 Å². The first-order chi connectivity index (χ1) is 10.6. The molecule has 7 heteroatoms. The zero-order chi connectivity index (χ0) is 15.9. The minimum absolute atomic E-state index is 0.609. The monoisotopic (exact) mass is 355 g/mol. The first-order valence-corrected chi connectivity index (χ1v) is 8.43. The smallest absolute Gasteiger partial charge is 0.166 e. The summed E-state index contributed by atoms with van der Waals surface area (Å²) in [5.74, 6) is 0. The molecule has 2 rings (SSSR count). The summed E-state index contributed by atoms with van der Waals surface area (Å²) in [6.45, 7) is 3.99. The van der Waals surface area contributed by atoms with Crippen molar-refractivity contribution in [1.82, 2.24) is 15.6 Å². The summed E-state index contributed by atoms with van der Waals surface area (Å²) in [7, 11) is 1.66. The van der Waals surface area contributed by atoms with Gasteiger partial charge in [0.1, 0.15) is 5.01 Å². The molecule has 1 aromatic carbocycles. The molecule has 1 aromatic heterocycles. The normalized spacial score (nSPS) is 10.5. The lowest BCUT2D eigenvalue weighted by atomic mass is 10.1. The number of rotatable bonds is 6. The molecular weight excluding hydrogens is 338 g/mol. The molecule has 4 nitrogen and oxygen atoms in total. The summed E-state index contributed by atoms with van der Waals surface area (Å²) in [4.78, 5) is 5.86. The first kappa shape index (κ1) is 17.1. The molecule has 0 aliphatic rings. The standard InChI is InChI=1S/C15H18ClN3OS2/c1-10-14(11-3-5-12(16)6-4-11)19-13(22-10)9-18-15(21)17-7-8-20-2/h3-6H,7-9H2,1-2H3,(H2,17,18,21). The Labute approximate surface area is 144 Å². The van der Waals surface area contributed by atoms with Crippen molar-refractivity contribution >= 4 is 40.3 Å². The van der Waals surface area contributed by atoms with Gasteiger partial charge in [-0.05, 0) is 31.3 Å². The Balaban J connectivity index is 1.95. The number of aryl methyl sites for hydroxylation is 1. The average Bonchev–Trinajstić information content (AvgIpc) is 2.87. The minimum atomic E-state index is 0.609. The molecule has 1 heterocycles. The topological polar surface area (TPSA) is 46.2 Å². The second kappa shape index (κ2) is 8.43. The molecule has 0 atom stereocenters. The Hall–Kier alpha value is -1.21. The van der Waals surface area contributed by atoms with Gasteiger partial charge in [-0.2, -0.15) is 0 Å². The summed E-state index contributed by atoms with van der Waals surface area (Å²) in [6, 6.07) is 7.72. The maximum atomic E-state index is 5.92. The van der Waals surface area contributed by atoms with E-state index in [2.05, 4.69) is 22.5 Å². The van der Waals surface area contributed by atoms with Crippen LogP contribution >= 0.6 is 35.2 Å². The van der Waals surface area contributed by atoms with Crippen LogP contribution in [0.1, 0.15) is 9.88 Å². The van der Waals surface area contributed by atoms with Gasteiger partial charge in [0.25, 0.3) is 0 Å². The molecule has 0 aliphatic heterocycles. The number of ether oxygens (including phenoxy) is 1. The van der Waals surface area contributed by atoms with E-state index in [4.69, 9.17) is 28.6 Å². The van der Waals surface area contributed by atoms with Gasteiger partial charge in [-0.25, -0.2) is 4.98 Å². The highest BCUT2D eigenvalue weighted by atomic mass is 35.5. The van der Waals surface area contributed by atoms with Gasteiger partial charge in [-0.1, -0.05) is 23.7 Å². The van der Waals surface area contributed by atoms with E-state index < -0.39 is 0 Å². The Kier molecular flexibility index (Phi) is 6.57. The van der Waals surface area contributed by atoms with Gasteiger partial charge in [0, 0.05) is 29.1 Å². The predicted octanol–water partition coefficient (Wildman–Crippen LogP) is 3.38. The highest BCUT2D eigenvalue weighted by Crippen LogP contribution is 2.28. The summed E-state index contributed by atoms with van der Waals surface area (Å²) in [5.41, 5.74) is 2.07. The fraction of sp³-hybridized carbons (Fsp3) is 0.333. The second-order valence-electron chi connectivity index (χ2n) is 4.62. The van der Waals surface area contributed by atoms with Crippen molar-refractivity contribution in [1.29, 1.82) is 0 Å². The number of halogens is 1. The predicted molar refractivity (Wildman–Crippen MR) is 96.6 cm³/mol. The Bertz CT molecular complexity index is 628. The van der Waals surface area contributed by atoms with Crippen molar-refractivity contribution < 1.29 is 4.74 Å². The number of thiazole rings is 1. The zero-order valence-corrected chi connectivity index (χ0v) is 14.9. The fourth-order valence-corrected chi connectivity index (χ4v) is 3.08. The van der Waals surface area contributed by atoms with Crippen molar-refractivity contribution in [3.05, 3.63) is 39.2 Å². The van der Waals surface area contributed by atoms with E-state index in [1.807, 2.05) is 24.3 Å². The Morgan fingerprint density at radius 1 is 1.32 bits per heavy atom. The molecule has 0 fully saturated rings. The van der Waals surface area contributed by atoms with Crippen LogP contribution in [-0.2, 0) is 11.3 Å². The van der Waals surface area contributed by atoms with Crippen LogP contribution < -0.4 is 10.6 Å². The molecule has 118 valence electrons. The van der Waals surface area contributed by atoms with Crippen LogP contribution in [0.5, 0.6) is 0 Å². The van der Waals surface area contributed by atoms with Gasteiger partial charge < -0.3 is 15.4 Å². The molecule has 0 radical (unpaired) electrons. The molecule has 0 saturated heterocycles. The van der Waals surface area contributed by atoms with Crippen LogP contribution in [0.4, 0.5) is 0 Å². The molecule has 0 unspecified atom stereocenters. The first-order valence-electron chi connectivity index (χ1n) is 6.83. The quantitative estimate of drug-likeness (QED) is 0.614. The van der Waals surface area contributed by atoms with Crippen LogP contribution in [0.25, 0.3) is 11.3 Å². The maximum absolute atomic E-state index is 5.92. The fourth-order valence-electron chi connectivity index (χ4n) is 1.89. The van der Waals surface area contributed by atoms with Crippen molar-refractivity contribution in [2.24, 2.45) is 0 Å². The molecule has 2 aromatic rings. The molecule has 2 N–H and O–H groups in total. The molecule has 0 bridgehead atoms. The zero-order valence-electron chi connectivity index (χ0n) is 12.5. The molecule has 0 aliphatic carbocycles. The van der Waals surface area contributed by atoms with Gasteiger partial charge in [-0.3, -0.25) is 0 Å². The highest BCUT2D eigenvalue weighted by molar-refractivity contribution is 7.80. The number of thiocarbonyl (C=S) groups is 1. The van der Waals surface area contributed by atoms with Crippen molar-refractivity contribution in [2.45, 2.75) is 13.5 Å². The Morgan fingerprint density at radius 3 is 2.73 bits per heavy atom. The Morgan fingerprint density at radius 2 is 2.05 bits per heavy atom. The second-order valence-corrected chi connectivity index (χ2v) is 6.75. The number of aromatic nitrogens is 1. The molecule has 0 saturated carbocycles. The van der Waals surface area contributed by atoms with E-state index in [0.29, 0.717) is 24.8 Å². The van der Waals surface area contributed by atoms with Crippen molar-refractivity contribution in [3.63, 3.8) is 0 Å². The lowest BCUT2D eigenvalue weighted by molar-refractivity contribution is 0.204. The van der Waals surface area contributed by atoms with Gasteiger partial charge in [-0.15, -0.1) is 11.3 Å².